The van der Waals surface area contributed by atoms with E-state index in [0.29, 0.717) is 6.04 Å². The first-order valence-electron chi connectivity index (χ1n) is 7.22. The molecule has 0 aliphatic heterocycles. The highest BCUT2D eigenvalue weighted by Crippen LogP contribution is 2.28. The van der Waals surface area contributed by atoms with Gasteiger partial charge in [-0.15, -0.1) is 0 Å². The maximum absolute atomic E-state index is 13.9. The van der Waals surface area contributed by atoms with Gasteiger partial charge in [0.05, 0.1) is 0 Å². The van der Waals surface area contributed by atoms with Crippen LogP contribution in [0.5, 0.6) is 0 Å². The van der Waals surface area contributed by atoms with Crippen LogP contribution < -0.4 is 5.32 Å². The molecule has 0 saturated carbocycles. The molecule has 1 N–H and O–H groups in total. The quantitative estimate of drug-likeness (QED) is 0.718. The van der Waals surface area contributed by atoms with Crippen LogP contribution in [0.25, 0.3) is 0 Å². The third kappa shape index (κ3) is 4.09. The lowest BCUT2D eigenvalue weighted by molar-refractivity contribution is 0.387. The van der Waals surface area contributed by atoms with Gasteiger partial charge in [0.1, 0.15) is 5.82 Å². The van der Waals surface area contributed by atoms with Crippen molar-refractivity contribution >= 4 is 0 Å². The van der Waals surface area contributed by atoms with Gasteiger partial charge in [-0.2, -0.15) is 0 Å². The maximum Gasteiger partial charge on any atom is 0.126 e. The van der Waals surface area contributed by atoms with E-state index in [1.807, 2.05) is 12.1 Å². The van der Waals surface area contributed by atoms with Gasteiger partial charge in [-0.05, 0) is 37.4 Å². The Morgan fingerprint density at radius 3 is 2.39 bits per heavy atom. The molecule has 1 rings (SSSR count). The molecule has 0 fully saturated rings. The molecule has 0 saturated heterocycles. The summed E-state index contributed by atoms with van der Waals surface area (Å²) in [5.41, 5.74) is 0.863. The molecule has 0 amide bonds. The van der Waals surface area contributed by atoms with Crippen LogP contribution >= 0.6 is 0 Å². The summed E-state index contributed by atoms with van der Waals surface area (Å²) in [5.74, 6) is 0.210. The third-order valence-corrected chi connectivity index (χ3v) is 3.49. The Balaban J connectivity index is 2.87. The predicted octanol–water partition coefficient (Wildman–Crippen LogP) is 4.49. The van der Waals surface area contributed by atoms with Crippen LogP contribution in [0.4, 0.5) is 4.39 Å². The zero-order valence-electron chi connectivity index (χ0n) is 11.9. The number of nitrogens with one attached hydrogen (secondary N) is 1. The van der Waals surface area contributed by atoms with E-state index < -0.39 is 0 Å². The van der Waals surface area contributed by atoms with Crippen LogP contribution in [0.3, 0.4) is 0 Å². The zero-order chi connectivity index (χ0) is 13.4. The van der Waals surface area contributed by atoms with E-state index in [0.717, 1.165) is 37.8 Å². The fourth-order valence-corrected chi connectivity index (χ4v) is 2.58. The largest absolute Gasteiger partial charge is 0.313 e. The highest BCUT2D eigenvalue weighted by molar-refractivity contribution is 5.23. The summed E-state index contributed by atoms with van der Waals surface area (Å²) in [6, 6.07) is 7.58. The van der Waals surface area contributed by atoms with Crippen molar-refractivity contribution < 1.29 is 4.39 Å². The van der Waals surface area contributed by atoms with E-state index in [9.17, 15) is 4.39 Å². The van der Waals surface area contributed by atoms with Crippen LogP contribution in [0, 0.1) is 5.82 Å². The van der Waals surface area contributed by atoms with Crippen LogP contribution in [-0.4, -0.2) is 12.6 Å². The molecule has 1 aromatic carbocycles. The lowest BCUT2D eigenvalue weighted by Crippen LogP contribution is -2.35. The number of benzene rings is 1. The Kier molecular flexibility index (Phi) is 6.96. The molecule has 1 aromatic rings. The second kappa shape index (κ2) is 8.25. The fraction of sp³-hybridized carbons (Fsp3) is 0.625. The second-order valence-corrected chi connectivity index (χ2v) is 4.89. The topological polar surface area (TPSA) is 12.0 Å². The van der Waals surface area contributed by atoms with Gasteiger partial charge in [0.15, 0.2) is 0 Å². The normalized spacial score (nSPS) is 14.4. The Bertz CT molecular complexity index is 338. The molecule has 1 nitrogen and oxygen atoms in total. The molecule has 0 spiro atoms. The van der Waals surface area contributed by atoms with E-state index in [4.69, 9.17) is 0 Å². The molecule has 0 radical (unpaired) electrons. The van der Waals surface area contributed by atoms with E-state index in [1.165, 1.54) is 0 Å². The van der Waals surface area contributed by atoms with Crippen LogP contribution in [0.15, 0.2) is 24.3 Å². The SMILES string of the molecule is CCCNC(CCC)C(CC)c1ccccc1F. The monoisotopic (exact) mass is 251 g/mol. The average molecular weight is 251 g/mol. The minimum Gasteiger partial charge on any atom is -0.313 e. The number of rotatable bonds is 8. The molecule has 0 aromatic heterocycles. The molecule has 102 valence electrons. The van der Waals surface area contributed by atoms with Gasteiger partial charge in [0.2, 0.25) is 0 Å². The lowest BCUT2D eigenvalue weighted by atomic mass is 9.86. The molecule has 18 heavy (non-hydrogen) atoms. The molecule has 0 aliphatic rings. The standard InChI is InChI=1S/C16H26FN/c1-4-9-16(18-12-5-2)13(6-3)14-10-7-8-11-15(14)17/h7-8,10-11,13,16,18H,4-6,9,12H2,1-3H3. The van der Waals surface area contributed by atoms with Crippen LogP contribution in [0.2, 0.25) is 0 Å². The molecule has 2 atom stereocenters. The predicted molar refractivity (Wildman–Crippen MR) is 76.4 cm³/mol. The van der Waals surface area contributed by atoms with Crippen molar-refractivity contribution in [2.24, 2.45) is 0 Å². The minimum absolute atomic E-state index is 0.0660. The van der Waals surface area contributed by atoms with Crippen molar-refractivity contribution in [3.8, 4) is 0 Å². The van der Waals surface area contributed by atoms with Crippen molar-refractivity contribution in [3.05, 3.63) is 35.6 Å². The Morgan fingerprint density at radius 1 is 1.11 bits per heavy atom. The van der Waals surface area contributed by atoms with Crippen molar-refractivity contribution in [1.82, 2.24) is 5.32 Å². The third-order valence-electron chi connectivity index (χ3n) is 3.49. The molecule has 0 bridgehead atoms. The molecule has 2 heteroatoms. The molecular weight excluding hydrogens is 225 g/mol. The highest BCUT2D eigenvalue weighted by Gasteiger charge is 2.22. The maximum atomic E-state index is 13.9. The second-order valence-electron chi connectivity index (χ2n) is 4.89. The van der Waals surface area contributed by atoms with Gasteiger partial charge in [-0.3, -0.25) is 0 Å². The van der Waals surface area contributed by atoms with Crippen molar-refractivity contribution in [2.75, 3.05) is 6.54 Å². The van der Waals surface area contributed by atoms with Crippen molar-refractivity contribution in [2.45, 2.75) is 58.4 Å². The van der Waals surface area contributed by atoms with Gasteiger partial charge in [0, 0.05) is 12.0 Å². The number of hydrogen-bond donors (Lipinski definition) is 1. The van der Waals surface area contributed by atoms with Gasteiger partial charge in [-0.1, -0.05) is 45.4 Å². The Labute approximate surface area is 111 Å². The van der Waals surface area contributed by atoms with E-state index in [-0.39, 0.29) is 11.7 Å². The summed E-state index contributed by atoms with van der Waals surface area (Å²) in [5, 5.41) is 3.58. The van der Waals surface area contributed by atoms with Crippen molar-refractivity contribution in [3.63, 3.8) is 0 Å². The molecule has 0 aliphatic carbocycles. The summed E-state index contributed by atoms with van der Waals surface area (Å²) in [6.45, 7) is 7.51. The van der Waals surface area contributed by atoms with Crippen molar-refractivity contribution in [1.29, 1.82) is 0 Å². The summed E-state index contributed by atoms with van der Waals surface area (Å²) in [6.07, 6.45) is 4.33. The average Bonchev–Trinajstić information content (AvgIpc) is 2.38. The lowest BCUT2D eigenvalue weighted by Gasteiger charge is -2.28. The van der Waals surface area contributed by atoms with Gasteiger partial charge >= 0.3 is 0 Å². The van der Waals surface area contributed by atoms with Gasteiger partial charge in [0.25, 0.3) is 0 Å². The first-order chi connectivity index (χ1) is 8.74. The summed E-state index contributed by atoms with van der Waals surface area (Å²) in [4.78, 5) is 0. The van der Waals surface area contributed by atoms with Crippen LogP contribution in [0.1, 0.15) is 57.9 Å². The van der Waals surface area contributed by atoms with E-state index in [2.05, 4.69) is 26.1 Å². The molecule has 2 unspecified atom stereocenters. The molecular formula is C16H26FN. The summed E-state index contributed by atoms with van der Waals surface area (Å²) >= 11 is 0. The summed E-state index contributed by atoms with van der Waals surface area (Å²) < 4.78 is 13.9. The first kappa shape index (κ1) is 15.2. The number of hydrogen-bond acceptors (Lipinski definition) is 1. The minimum atomic E-state index is -0.0660. The Hall–Kier alpha value is -0.890. The van der Waals surface area contributed by atoms with Gasteiger partial charge < -0.3 is 5.32 Å². The first-order valence-corrected chi connectivity index (χ1v) is 7.22. The van der Waals surface area contributed by atoms with E-state index in [1.54, 1.807) is 12.1 Å². The summed E-state index contributed by atoms with van der Waals surface area (Å²) in [7, 11) is 0. The Morgan fingerprint density at radius 2 is 1.83 bits per heavy atom. The van der Waals surface area contributed by atoms with Crippen LogP contribution in [-0.2, 0) is 0 Å². The highest BCUT2D eigenvalue weighted by atomic mass is 19.1. The molecule has 0 heterocycles. The smallest absolute Gasteiger partial charge is 0.126 e. The van der Waals surface area contributed by atoms with E-state index >= 15 is 0 Å². The van der Waals surface area contributed by atoms with Gasteiger partial charge in [-0.25, -0.2) is 4.39 Å². The number of halogens is 1. The zero-order valence-corrected chi connectivity index (χ0v) is 11.9. The fourth-order valence-electron chi connectivity index (χ4n) is 2.58.